The summed E-state index contributed by atoms with van der Waals surface area (Å²) in [6.45, 7) is 4.99. The fourth-order valence-electron chi connectivity index (χ4n) is 1.49. The predicted molar refractivity (Wildman–Crippen MR) is 77.0 cm³/mol. The van der Waals surface area contributed by atoms with Crippen molar-refractivity contribution in [1.29, 1.82) is 0 Å². The molecule has 17 heavy (non-hydrogen) atoms. The van der Waals surface area contributed by atoms with Gasteiger partial charge in [0.15, 0.2) is 0 Å². The molecule has 0 radical (unpaired) electrons. The first kappa shape index (κ1) is 14.7. The van der Waals surface area contributed by atoms with Gasteiger partial charge in [-0.2, -0.15) is 11.8 Å². The van der Waals surface area contributed by atoms with Crippen LogP contribution in [0.1, 0.15) is 25.8 Å². The SMILES string of the molecule is CCSCCC(C)NCc1cccc(Cl)c1O. The van der Waals surface area contributed by atoms with E-state index in [1.165, 1.54) is 11.5 Å². The third-order valence-electron chi connectivity index (χ3n) is 2.61. The first-order chi connectivity index (χ1) is 8.15. The first-order valence-corrected chi connectivity index (χ1v) is 7.46. The first-order valence-electron chi connectivity index (χ1n) is 5.92. The van der Waals surface area contributed by atoms with Gasteiger partial charge in [-0.1, -0.05) is 30.7 Å². The molecule has 0 saturated heterocycles. The van der Waals surface area contributed by atoms with Crippen LogP contribution in [0.15, 0.2) is 18.2 Å². The van der Waals surface area contributed by atoms with Crippen LogP contribution in [0.4, 0.5) is 0 Å². The Kier molecular flexibility index (Phi) is 6.78. The summed E-state index contributed by atoms with van der Waals surface area (Å²) >= 11 is 7.80. The number of phenolic OH excluding ortho intramolecular Hbond substituents is 1. The standard InChI is InChI=1S/C13H20ClNOS/c1-3-17-8-7-10(2)15-9-11-5-4-6-12(14)13(11)16/h4-6,10,15-16H,3,7-9H2,1-2H3. The number of para-hydroxylation sites is 1. The number of hydrogen-bond acceptors (Lipinski definition) is 3. The second-order valence-electron chi connectivity index (χ2n) is 4.02. The van der Waals surface area contributed by atoms with Crippen LogP contribution < -0.4 is 5.32 Å². The quantitative estimate of drug-likeness (QED) is 0.744. The van der Waals surface area contributed by atoms with Gasteiger partial charge < -0.3 is 10.4 Å². The molecule has 0 aliphatic carbocycles. The number of rotatable bonds is 7. The highest BCUT2D eigenvalue weighted by Crippen LogP contribution is 2.26. The van der Waals surface area contributed by atoms with Gasteiger partial charge in [0, 0.05) is 18.2 Å². The van der Waals surface area contributed by atoms with Crippen molar-refractivity contribution >= 4 is 23.4 Å². The summed E-state index contributed by atoms with van der Waals surface area (Å²) in [7, 11) is 0. The van der Waals surface area contributed by atoms with Gasteiger partial charge in [0.1, 0.15) is 5.75 Å². The minimum atomic E-state index is 0.191. The Labute approximate surface area is 113 Å². The Morgan fingerprint density at radius 3 is 2.94 bits per heavy atom. The number of hydrogen-bond donors (Lipinski definition) is 2. The molecule has 1 rings (SSSR count). The lowest BCUT2D eigenvalue weighted by atomic mass is 10.2. The lowest BCUT2D eigenvalue weighted by molar-refractivity contribution is 0.458. The molecule has 1 aromatic rings. The minimum Gasteiger partial charge on any atom is -0.506 e. The van der Waals surface area contributed by atoms with E-state index in [9.17, 15) is 5.11 Å². The number of phenols is 1. The predicted octanol–water partition coefficient (Wildman–Crippen LogP) is 3.67. The highest BCUT2D eigenvalue weighted by molar-refractivity contribution is 7.99. The number of thioether (sulfide) groups is 1. The highest BCUT2D eigenvalue weighted by atomic mass is 35.5. The van der Waals surface area contributed by atoms with Crippen LogP contribution in [0.25, 0.3) is 0 Å². The maximum atomic E-state index is 9.75. The summed E-state index contributed by atoms with van der Waals surface area (Å²) in [6, 6.07) is 5.90. The van der Waals surface area contributed by atoms with Gasteiger partial charge in [-0.15, -0.1) is 0 Å². The molecular weight excluding hydrogens is 254 g/mol. The molecule has 1 unspecified atom stereocenters. The van der Waals surface area contributed by atoms with Crippen molar-refractivity contribution in [3.8, 4) is 5.75 Å². The number of benzene rings is 1. The lowest BCUT2D eigenvalue weighted by Gasteiger charge is -2.14. The van der Waals surface area contributed by atoms with Crippen LogP contribution in [0.5, 0.6) is 5.75 Å². The smallest absolute Gasteiger partial charge is 0.138 e. The Morgan fingerprint density at radius 2 is 2.24 bits per heavy atom. The van der Waals surface area contributed by atoms with Crippen LogP contribution in [-0.2, 0) is 6.54 Å². The molecule has 2 nitrogen and oxygen atoms in total. The summed E-state index contributed by atoms with van der Waals surface area (Å²) < 4.78 is 0. The molecule has 0 fully saturated rings. The zero-order chi connectivity index (χ0) is 12.7. The number of halogens is 1. The zero-order valence-corrected chi connectivity index (χ0v) is 11.9. The zero-order valence-electron chi connectivity index (χ0n) is 10.4. The van der Waals surface area contributed by atoms with Gasteiger partial charge in [-0.25, -0.2) is 0 Å². The molecule has 0 saturated carbocycles. The molecule has 4 heteroatoms. The van der Waals surface area contributed by atoms with Crippen LogP contribution in [-0.4, -0.2) is 22.7 Å². The van der Waals surface area contributed by atoms with Crippen molar-refractivity contribution in [2.24, 2.45) is 0 Å². The summed E-state index contributed by atoms with van der Waals surface area (Å²) in [5.41, 5.74) is 0.854. The molecule has 0 aliphatic rings. The largest absolute Gasteiger partial charge is 0.506 e. The Hall–Kier alpha value is -0.380. The average molecular weight is 274 g/mol. The molecule has 0 aromatic heterocycles. The Morgan fingerprint density at radius 1 is 1.47 bits per heavy atom. The van der Waals surface area contributed by atoms with Crippen molar-refractivity contribution in [2.45, 2.75) is 32.9 Å². The van der Waals surface area contributed by atoms with E-state index in [-0.39, 0.29) is 5.75 Å². The molecule has 0 heterocycles. The fraction of sp³-hybridized carbons (Fsp3) is 0.538. The molecule has 96 valence electrons. The number of aromatic hydroxyl groups is 1. The highest BCUT2D eigenvalue weighted by Gasteiger charge is 2.06. The van der Waals surface area contributed by atoms with Crippen molar-refractivity contribution in [3.05, 3.63) is 28.8 Å². The van der Waals surface area contributed by atoms with Crippen molar-refractivity contribution in [2.75, 3.05) is 11.5 Å². The molecule has 1 atom stereocenters. The van der Waals surface area contributed by atoms with E-state index in [2.05, 4.69) is 19.2 Å². The van der Waals surface area contributed by atoms with Gasteiger partial charge in [0.25, 0.3) is 0 Å². The maximum absolute atomic E-state index is 9.75. The number of nitrogens with one attached hydrogen (secondary N) is 1. The second kappa shape index (κ2) is 7.85. The molecule has 0 aliphatic heterocycles. The van der Waals surface area contributed by atoms with Gasteiger partial charge in [-0.05, 0) is 30.9 Å². The summed E-state index contributed by atoms with van der Waals surface area (Å²) in [5, 5.41) is 13.6. The average Bonchev–Trinajstić information content (AvgIpc) is 2.31. The molecule has 0 bridgehead atoms. The molecule has 1 aromatic carbocycles. The lowest BCUT2D eigenvalue weighted by Crippen LogP contribution is -2.26. The van der Waals surface area contributed by atoms with Crippen LogP contribution >= 0.6 is 23.4 Å². The Balaban J connectivity index is 2.37. The Bertz CT molecular complexity index is 346. The van der Waals surface area contributed by atoms with Crippen molar-refractivity contribution in [1.82, 2.24) is 5.32 Å². The van der Waals surface area contributed by atoms with Crippen LogP contribution in [0, 0.1) is 0 Å². The van der Waals surface area contributed by atoms with E-state index in [0.717, 1.165) is 12.0 Å². The van der Waals surface area contributed by atoms with E-state index in [0.29, 0.717) is 17.6 Å². The van der Waals surface area contributed by atoms with Gasteiger partial charge in [0.05, 0.1) is 5.02 Å². The van der Waals surface area contributed by atoms with E-state index in [4.69, 9.17) is 11.6 Å². The van der Waals surface area contributed by atoms with Gasteiger partial charge >= 0.3 is 0 Å². The molecular formula is C13H20ClNOS. The fourth-order valence-corrected chi connectivity index (χ4v) is 2.50. The topological polar surface area (TPSA) is 32.3 Å². The monoisotopic (exact) mass is 273 g/mol. The third kappa shape index (κ3) is 5.19. The summed E-state index contributed by atoms with van der Waals surface area (Å²) in [6.07, 6.45) is 1.14. The second-order valence-corrected chi connectivity index (χ2v) is 5.82. The van der Waals surface area contributed by atoms with Gasteiger partial charge in [-0.3, -0.25) is 0 Å². The van der Waals surface area contributed by atoms with E-state index >= 15 is 0 Å². The van der Waals surface area contributed by atoms with Gasteiger partial charge in [0.2, 0.25) is 0 Å². The molecule has 2 N–H and O–H groups in total. The minimum absolute atomic E-state index is 0.191. The van der Waals surface area contributed by atoms with E-state index in [1.54, 1.807) is 6.07 Å². The van der Waals surface area contributed by atoms with Crippen molar-refractivity contribution in [3.63, 3.8) is 0 Å². The van der Waals surface area contributed by atoms with E-state index in [1.807, 2.05) is 23.9 Å². The van der Waals surface area contributed by atoms with E-state index < -0.39 is 0 Å². The molecule has 0 spiro atoms. The third-order valence-corrected chi connectivity index (χ3v) is 3.85. The summed E-state index contributed by atoms with van der Waals surface area (Å²) in [5.74, 6) is 2.53. The van der Waals surface area contributed by atoms with Crippen LogP contribution in [0.2, 0.25) is 5.02 Å². The maximum Gasteiger partial charge on any atom is 0.138 e. The normalized spacial score (nSPS) is 12.6. The van der Waals surface area contributed by atoms with Crippen LogP contribution in [0.3, 0.4) is 0 Å². The van der Waals surface area contributed by atoms with Crippen molar-refractivity contribution < 1.29 is 5.11 Å². The molecule has 0 amide bonds. The summed E-state index contributed by atoms with van der Waals surface area (Å²) in [4.78, 5) is 0.